The molecule has 146 valence electrons. The van der Waals surface area contributed by atoms with Crippen molar-refractivity contribution >= 4 is 5.91 Å². The Morgan fingerprint density at radius 3 is 2.66 bits per heavy atom. The quantitative estimate of drug-likeness (QED) is 0.688. The van der Waals surface area contributed by atoms with Crippen LogP contribution in [0.2, 0.25) is 0 Å². The number of H-pyrrole nitrogens is 1. The number of hydrogen-bond donors (Lipinski definition) is 2. The van der Waals surface area contributed by atoms with Crippen LogP contribution in [0.15, 0.2) is 30.5 Å². The van der Waals surface area contributed by atoms with E-state index in [0.29, 0.717) is 24.2 Å². The van der Waals surface area contributed by atoms with Crippen LogP contribution < -0.4 is 5.32 Å². The highest BCUT2D eigenvalue weighted by molar-refractivity contribution is 6.01. The maximum absolute atomic E-state index is 15.8. The van der Waals surface area contributed by atoms with Gasteiger partial charge in [0.1, 0.15) is 5.69 Å². The molecule has 2 N–H and O–H groups in total. The molecule has 1 saturated carbocycles. The molecular weight excluding hydrogens is 365 g/mol. The van der Waals surface area contributed by atoms with Crippen molar-refractivity contribution in [1.29, 1.82) is 0 Å². The molecule has 2 aliphatic carbocycles. The summed E-state index contributed by atoms with van der Waals surface area (Å²) < 4.78 is 15.8. The Labute approximate surface area is 168 Å². The number of nitrogens with zero attached hydrogens (tertiary/aromatic N) is 1. The first-order chi connectivity index (χ1) is 14.1. The number of fused-ring (bicyclic) bond motifs is 6. The molecule has 4 nitrogen and oxygen atoms in total. The van der Waals surface area contributed by atoms with Gasteiger partial charge in [-0.05, 0) is 48.8 Å². The van der Waals surface area contributed by atoms with Gasteiger partial charge in [0, 0.05) is 35.0 Å². The molecule has 0 saturated heterocycles. The maximum atomic E-state index is 15.8. The number of carbonyl (C=O) groups excluding carboxylic acids is 1. The van der Waals surface area contributed by atoms with Crippen LogP contribution in [0.25, 0.3) is 22.5 Å². The zero-order valence-electron chi connectivity index (χ0n) is 16.4. The normalized spacial score (nSPS) is 18.1. The topological polar surface area (TPSA) is 57.8 Å². The number of aromatic nitrogens is 2. The molecule has 3 aliphatic rings. The number of aromatic amines is 1. The summed E-state index contributed by atoms with van der Waals surface area (Å²) in [4.78, 5) is 20.6. The lowest BCUT2D eigenvalue weighted by atomic mass is 9.85. The van der Waals surface area contributed by atoms with Crippen molar-refractivity contribution in [2.45, 2.75) is 44.4 Å². The van der Waals surface area contributed by atoms with E-state index in [1.165, 1.54) is 5.56 Å². The van der Waals surface area contributed by atoms with Gasteiger partial charge in [0.15, 0.2) is 5.82 Å². The van der Waals surface area contributed by atoms with E-state index in [2.05, 4.69) is 22.2 Å². The van der Waals surface area contributed by atoms with Crippen molar-refractivity contribution in [3.8, 4) is 22.5 Å². The van der Waals surface area contributed by atoms with Crippen molar-refractivity contribution in [1.82, 2.24) is 15.3 Å². The van der Waals surface area contributed by atoms with E-state index >= 15 is 4.39 Å². The van der Waals surface area contributed by atoms with Crippen LogP contribution >= 0.6 is 0 Å². The van der Waals surface area contributed by atoms with E-state index < -0.39 is 0 Å². The number of aryl methyl sites for hydroxylation is 2. The van der Waals surface area contributed by atoms with Gasteiger partial charge in [-0.25, -0.2) is 4.39 Å². The van der Waals surface area contributed by atoms with Crippen LogP contribution in [0, 0.1) is 5.82 Å². The highest BCUT2D eigenvalue weighted by atomic mass is 19.1. The first kappa shape index (κ1) is 17.0. The number of carbonyl (C=O) groups is 1. The second-order valence-corrected chi connectivity index (χ2v) is 8.56. The Morgan fingerprint density at radius 2 is 1.93 bits per heavy atom. The van der Waals surface area contributed by atoms with Gasteiger partial charge in [-0.2, -0.15) is 0 Å². The van der Waals surface area contributed by atoms with E-state index in [1.807, 2.05) is 24.3 Å². The second-order valence-electron chi connectivity index (χ2n) is 8.56. The fourth-order valence-electron chi connectivity index (χ4n) is 5.00. The smallest absolute Gasteiger partial charge is 0.253 e. The van der Waals surface area contributed by atoms with E-state index in [9.17, 15) is 4.79 Å². The third kappa shape index (κ3) is 2.30. The summed E-state index contributed by atoms with van der Waals surface area (Å²) in [6.07, 6.45) is 6.33. The molecule has 6 rings (SSSR count). The summed E-state index contributed by atoms with van der Waals surface area (Å²) in [6, 6.07) is 7.92. The van der Waals surface area contributed by atoms with E-state index in [4.69, 9.17) is 0 Å². The van der Waals surface area contributed by atoms with Crippen LogP contribution in [-0.2, 0) is 24.7 Å². The minimum Gasteiger partial charge on any atom is -0.357 e. The summed E-state index contributed by atoms with van der Waals surface area (Å²) in [5.74, 6) is -0.320. The Hall–Kier alpha value is -2.95. The molecule has 1 aromatic carbocycles. The van der Waals surface area contributed by atoms with Gasteiger partial charge < -0.3 is 10.3 Å². The van der Waals surface area contributed by atoms with Gasteiger partial charge in [0.25, 0.3) is 5.91 Å². The fraction of sp³-hybridized carbons (Fsp3) is 0.333. The SMILES string of the molecule is CCc1ccc(-c2ncc3c(c2F)-c2[nH]c4c(c2CC3)C(=O)NCC42CC2)cc1. The molecule has 0 bridgehead atoms. The second kappa shape index (κ2) is 5.78. The summed E-state index contributed by atoms with van der Waals surface area (Å²) in [6.45, 7) is 2.78. The molecule has 1 aliphatic heterocycles. The molecule has 29 heavy (non-hydrogen) atoms. The van der Waals surface area contributed by atoms with Gasteiger partial charge in [0.05, 0.1) is 11.3 Å². The van der Waals surface area contributed by atoms with Crippen molar-refractivity contribution in [2.75, 3.05) is 6.54 Å². The lowest BCUT2D eigenvalue weighted by Gasteiger charge is -2.23. The third-order valence-electron chi connectivity index (χ3n) is 6.93. The number of hydrogen-bond acceptors (Lipinski definition) is 2. The zero-order chi connectivity index (χ0) is 19.8. The zero-order valence-corrected chi connectivity index (χ0v) is 16.4. The highest BCUT2D eigenvalue weighted by Gasteiger charge is 2.51. The van der Waals surface area contributed by atoms with E-state index in [0.717, 1.165) is 59.3 Å². The van der Waals surface area contributed by atoms with E-state index in [1.54, 1.807) is 6.20 Å². The molecule has 0 atom stereocenters. The molecule has 0 radical (unpaired) electrons. The number of benzene rings is 1. The molecule has 5 heteroatoms. The number of amides is 1. The first-order valence-electron chi connectivity index (χ1n) is 10.4. The number of rotatable bonds is 2. The Morgan fingerprint density at radius 1 is 1.14 bits per heavy atom. The molecule has 1 fully saturated rings. The molecule has 0 unspecified atom stereocenters. The Bertz CT molecular complexity index is 1170. The lowest BCUT2D eigenvalue weighted by molar-refractivity contribution is 0.0936. The van der Waals surface area contributed by atoms with Gasteiger partial charge in [-0.15, -0.1) is 0 Å². The molecule has 3 aromatic rings. The molecule has 1 amide bonds. The van der Waals surface area contributed by atoms with Gasteiger partial charge in [-0.3, -0.25) is 9.78 Å². The molecule has 3 heterocycles. The minimum atomic E-state index is -0.295. The van der Waals surface area contributed by atoms with Crippen molar-refractivity contribution < 1.29 is 9.18 Å². The van der Waals surface area contributed by atoms with E-state index in [-0.39, 0.29) is 17.1 Å². The van der Waals surface area contributed by atoms with Gasteiger partial charge >= 0.3 is 0 Å². The molecular formula is C24H22FN3O. The van der Waals surface area contributed by atoms with Crippen molar-refractivity contribution in [2.24, 2.45) is 0 Å². The standard InChI is InChI=1S/C24H22FN3O/c1-2-13-3-5-14(6-4-13)20-19(25)17-15(11-26-20)7-8-16-18-22(28-21(16)17)24(9-10-24)12-27-23(18)29/h3-6,11,28H,2,7-10,12H2,1H3,(H,27,29). The third-order valence-corrected chi connectivity index (χ3v) is 6.93. The van der Waals surface area contributed by atoms with Crippen molar-refractivity contribution in [3.63, 3.8) is 0 Å². The summed E-state index contributed by atoms with van der Waals surface area (Å²) in [5.41, 5.74) is 7.43. The monoisotopic (exact) mass is 387 g/mol. The Balaban J connectivity index is 1.54. The van der Waals surface area contributed by atoms with Gasteiger partial charge in [0.2, 0.25) is 0 Å². The Kier molecular flexibility index (Phi) is 3.38. The highest BCUT2D eigenvalue weighted by Crippen LogP contribution is 2.53. The summed E-state index contributed by atoms with van der Waals surface area (Å²) in [5, 5.41) is 3.05. The van der Waals surface area contributed by atoms with Crippen LogP contribution in [0.3, 0.4) is 0 Å². The minimum absolute atomic E-state index is 0.0247. The lowest BCUT2D eigenvalue weighted by Crippen LogP contribution is -2.39. The van der Waals surface area contributed by atoms with Crippen LogP contribution in [0.4, 0.5) is 4.39 Å². The number of halogens is 1. The van der Waals surface area contributed by atoms with Crippen LogP contribution in [0.1, 0.15) is 52.5 Å². The number of nitrogens with one attached hydrogen (secondary N) is 2. The predicted molar refractivity (Wildman–Crippen MR) is 109 cm³/mol. The number of pyridine rings is 1. The van der Waals surface area contributed by atoms with Crippen LogP contribution in [0.5, 0.6) is 0 Å². The summed E-state index contributed by atoms with van der Waals surface area (Å²) >= 11 is 0. The maximum Gasteiger partial charge on any atom is 0.253 e. The van der Waals surface area contributed by atoms with Crippen molar-refractivity contribution in [3.05, 3.63) is 64.2 Å². The van der Waals surface area contributed by atoms with Crippen LogP contribution in [-0.4, -0.2) is 22.4 Å². The fourth-order valence-corrected chi connectivity index (χ4v) is 5.00. The predicted octanol–water partition coefficient (Wildman–Crippen LogP) is 4.32. The first-order valence-corrected chi connectivity index (χ1v) is 10.4. The van der Waals surface area contributed by atoms with Gasteiger partial charge in [-0.1, -0.05) is 31.2 Å². The average Bonchev–Trinajstić information content (AvgIpc) is 3.41. The molecule has 1 spiro atoms. The largest absolute Gasteiger partial charge is 0.357 e. The molecule has 2 aromatic heterocycles. The average molecular weight is 387 g/mol. The summed E-state index contributed by atoms with van der Waals surface area (Å²) in [7, 11) is 0.